The lowest BCUT2D eigenvalue weighted by Crippen LogP contribution is -2.50. The minimum absolute atomic E-state index is 0.0101. The molecule has 0 saturated heterocycles. The molecule has 0 saturated carbocycles. The molecular formula is C11H8Cl2F5NO. The Bertz CT molecular complexity index is 518. The summed E-state index contributed by atoms with van der Waals surface area (Å²) in [5.74, 6) is -7.81. The van der Waals surface area contributed by atoms with Gasteiger partial charge in [0.25, 0.3) is 0 Å². The summed E-state index contributed by atoms with van der Waals surface area (Å²) in [6.07, 6.45) is -5.95. The van der Waals surface area contributed by atoms with Gasteiger partial charge in [-0.1, -0.05) is 35.3 Å². The maximum absolute atomic E-state index is 12.9. The largest absolute Gasteiger partial charge is 0.463 e. The Hall–Kier alpha value is -1.08. The van der Waals surface area contributed by atoms with Crippen molar-refractivity contribution in [1.82, 2.24) is 4.90 Å². The zero-order valence-corrected chi connectivity index (χ0v) is 11.5. The molecule has 0 radical (unpaired) electrons. The van der Waals surface area contributed by atoms with Crippen molar-refractivity contribution in [2.45, 2.75) is 18.6 Å². The molecular weight excluding hydrogens is 328 g/mol. The van der Waals surface area contributed by atoms with Crippen molar-refractivity contribution in [3.05, 3.63) is 33.8 Å². The van der Waals surface area contributed by atoms with E-state index in [1.807, 2.05) is 0 Å². The third-order valence-electron chi connectivity index (χ3n) is 2.41. The Morgan fingerprint density at radius 3 is 2.25 bits per heavy atom. The molecule has 0 unspecified atom stereocenters. The van der Waals surface area contributed by atoms with Gasteiger partial charge in [-0.15, -0.1) is 0 Å². The van der Waals surface area contributed by atoms with Gasteiger partial charge in [-0.25, -0.2) is 0 Å². The lowest BCUT2D eigenvalue weighted by atomic mass is 10.2. The lowest BCUT2D eigenvalue weighted by Gasteiger charge is -2.25. The first-order chi connectivity index (χ1) is 8.98. The van der Waals surface area contributed by atoms with E-state index in [9.17, 15) is 26.7 Å². The van der Waals surface area contributed by atoms with Crippen LogP contribution in [0.1, 0.15) is 5.56 Å². The number of alkyl halides is 5. The van der Waals surface area contributed by atoms with Crippen LogP contribution in [0.5, 0.6) is 0 Å². The van der Waals surface area contributed by atoms with E-state index in [0.717, 1.165) is 7.05 Å². The number of benzene rings is 1. The number of nitrogens with zero attached hydrogens (tertiary/aromatic N) is 1. The van der Waals surface area contributed by atoms with Gasteiger partial charge in [0, 0.05) is 13.6 Å². The van der Waals surface area contributed by atoms with Crippen LogP contribution in [0.2, 0.25) is 10.0 Å². The Morgan fingerprint density at radius 1 is 1.20 bits per heavy atom. The fourth-order valence-corrected chi connectivity index (χ4v) is 1.74. The molecule has 0 atom stereocenters. The number of halogens is 7. The van der Waals surface area contributed by atoms with Gasteiger partial charge in [0.15, 0.2) is 0 Å². The topological polar surface area (TPSA) is 20.3 Å². The molecule has 0 aliphatic heterocycles. The molecule has 20 heavy (non-hydrogen) atoms. The monoisotopic (exact) mass is 335 g/mol. The molecule has 0 aliphatic carbocycles. The zero-order valence-electron chi connectivity index (χ0n) is 9.94. The predicted octanol–water partition coefficient (Wildman–Crippen LogP) is 4.15. The molecule has 112 valence electrons. The van der Waals surface area contributed by atoms with E-state index in [-0.39, 0.29) is 20.5 Å². The van der Waals surface area contributed by atoms with Crippen molar-refractivity contribution >= 4 is 29.1 Å². The van der Waals surface area contributed by atoms with E-state index in [4.69, 9.17) is 23.2 Å². The third-order valence-corrected chi connectivity index (χ3v) is 3.27. The summed E-state index contributed by atoms with van der Waals surface area (Å²) < 4.78 is 62.0. The smallest absolute Gasteiger partial charge is 0.336 e. The van der Waals surface area contributed by atoms with Gasteiger partial charge in [-0.2, -0.15) is 22.0 Å². The van der Waals surface area contributed by atoms with Crippen LogP contribution in [-0.2, 0) is 11.3 Å². The molecule has 0 spiro atoms. The van der Waals surface area contributed by atoms with Gasteiger partial charge >= 0.3 is 18.0 Å². The summed E-state index contributed by atoms with van der Waals surface area (Å²) in [6.45, 7) is -0.524. The summed E-state index contributed by atoms with van der Waals surface area (Å²) in [5, 5.41) is 0.0942. The molecule has 0 heterocycles. The minimum Gasteiger partial charge on any atom is -0.336 e. The van der Waals surface area contributed by atoms with Crippen molar-refractivity contribution in [3.63, 3.8) is 0 Å². The summed E-state index contributed by atoms with van der Waals surface area (Å²) >= 11 is 11.4. The number of carbonyl (C=O) groups is 1. The Morgan fingerprint density at radius 2 is 1.75 bits per heavy atom. The summed E-state index contributed by atoms with van der Waals surface area (Å²) in [5.41, 5.74) is 0.160. The van der Waals surface area contributed by atoms with Crippen molar-refractivity contribution in [2.75, 3.05) is 7.05 Å². The summed E-state index contributed by atoms with van der Waals surface area (Å²) in [6, 6.07) is 4.22. The van der Waals surface area contributed by atoms with Crippen molar-refractivity contribution in [2.24, 2.45) is 0 Å². The van der Waals surface area contributed by atoms with Gasteiger partial charge in [-0.05, 0) is 11.6 Å². The summed E-state index contributed by atoms with van der Waals surface area (Å²) in [4.78, 5) is 11.4. The highest BCUT2D eigenvalue weighted by Gasteiger charge is 2.64. The molecule has 0 N–H and O–H groups in total. The quantitative estimate of drug-likeness (QED) is 0.760. The van der Waals surface area contributed by atoms with Crippen molar-refractivity contribution in [3.8, 4) is 0 Å². The highest BCUT2D eigenvalue weighted by molar-refractivity contribution is 6.42. The maximum Gasteiger partial charge on any atom is 0.463 e. The molecule has 0 fully saturated rings. The van der Waals surface area contributed by atoms with Crippen LogP contribution in [0, 0.1) is 0 Å². The normalized spacial score (nSPS) is 12.4. The Kier molecular flexibility index (Phi) is 4.86. The second kappa shape index (κ2) is 5.73. The second-order valence-electron chi connectivity index (χ2n) is 3.95. The third kappa shape index (κ3) is 3.32. The average molecular weight is 336 g/mol. The fraction of sp³-hybridized carbons (Fsp3) is 0.364. The summed E-state index contributed by atoms with van der Waals surface area (Å²) in [7, 11) is 0.819. The van der Waals surface area contributed by atoms with Crippen molar-refractivity contribution in [1.29, 1.82) is 0 Å². The van der Waals surface area contributed by atoms with Gasteiger partial charge in [0.05, 0.1) is 10.0 Å². The van der Waals surface area contributed by atoms with E-state index in [1.165, 1.54) is 18.2 Å². The van der Waals surface area contributed by atoms with Gasteiger partial charge in [0.1, 0.15) is 0 Å². The number of hydrogen-bond acceptors (Lipinski definition) is 1. The zero-order chi connectivity index (χ0) is 15.7. The highest BCUT2D eigenvalue weighted by Crippen LogP contribution is 2.37. The van der Waals surface area contributed by atoms with E-state index in [0.29, 0.717) is 0 Å². The van der Waals surface area contributed by atoms with E-state index >= 15 is 0 Å². The molecule has 1 amide bonds. The first-order valence-corrected chi connectivity index (χ1v) is 5.87. The molecule has 1 aromatic rings. The van der Waals surface area contributed by atoms with Crippen LogP contribution in [0.3, 0.4) is 0 Å². The molecule has 0 aromatic heterocycles. The first-order valence-electron chi connectivity index (χ1n) is 5.11. The maximum atomic E-state index is 12.9. The molecule has 0 aliphatic rings. The highest BCUT2D eigenvalue weighted by atomic mass is 35.5. The average Bonchev–Trinajstić information content (AvgIpc) is 2.32. The number of hydrogen-bond donors (Lipinski definition) is 0. The van der Waals surface area contributed by atoms with Crippen LogP contribution in [-0.4, -0.2) is 30.0 Å². The first kappa shape index (κ1) is 17.0. The molecule has 1 rings (SSSR count). The van der Waals surface area contributed by atoms with Crippen LogP contribution >= 0.6 is 23.2 Å². The second-order valence-corrected chi connectivity index (χ2v) is 4.73. The van der Waals surface area contributed by atoms with E-state index in [1.54, 1.807) is 0 Å². The SMILES string of the molecule is CN(Cc1cccc(Cl)c1Cl)C(=O)C(F)(F)C(F)(F)F. The standard InChI is InChI=1S/C11H8Cl2F5NO/c1-19(9(20)10(14,15)11(16,17)18)5-6-3-2-4-7(12)8(6)13/h2-4H,5H2,1H3. The number of rotatable bonds is 3. The van der Waals surface area contributed by atoms with Crippen LogP contribution in [0.4, 0.5) is 22.0 Å². The fourth-order valence-electron chi connectivity index (χ4n) is 1.36. The van der Waals surface area contributed by atoms with Gasteiger partial charge < -0.3 is 4.90 Å². The molecule has 0 bridgehead atoms. The minimum atomic E-state index is -5.95. The lowest BCUT2D eigenvalue weighted by molar-refractivity contribution is -0.274. The number of amides is 1. The van der Waals surface area contributed by atoms with Crippen LogP contribution < -0.4 is 0 Å². The van der Waals surface area contributed by atoms with Crippen LogP contribution in [0.15, 0.2) is 18.2 Å². The van der Waals surface area contributed by atoms with E-state index in [2.05, 4.69) is 0 Å². The molecule has 2 nitrogen and oxygen atoms in total. The van der Waals surface area contributed by atoms with Gasteiger partial charge in [0.2, 0.25) is 0 Å². The molecule has 1 aromatic carbocycles. The predicted molar refractivity (Wildman–Crippen MR) is 63.9 cm³/mol. The van der Waals surface area contributed by atoms with Crippen molar-refractivity contribution < 1.29 is 26.7 Å². The van der Waals surface area contributed by atoms with E-state index < -0.39 is 24.6 Å². The van der Waals surface area contributed by atoms with Crippen LogP contribution in [0.25, 0.3) is 0 Å². The van der Waals surface area contributed by atoms with Gasteiger partial charge in [-0.3, -0.25) is 4.79 Å². The molecule has 9 heteroatoms. The number of carbonyl (C=O) groups excluding carboxylic acids is 1. The Balaban J connectivity index is 2.94. The Labute approximate surface area is 121 Å².